The van der Waals surface area contributed by atoms with Crippen LogP contribution in [0.1, 0.15) is 32.3 Å². The van der Waals surface area contributed by atoms with Gasteiger partial charge in [-0.05, 0) is 24.9 Å². The minimum Gasteiger partial charge on any atom is -0.299 e. The molecule has 0 unspecified atom stereocenters. The van der Waals surface area contributed by atoms with Crippen molar-refractivity contribution in [2.24, 2.45) is 11.8 Å². The summed E-state index contributed by atoms with van der Waals surface area (Å²) in [6.07, 6.45) is 2.22. The average Bonchev–Trinajstić information content (AvgIpc) is 2.39. The Morgan fingerprint density at radius 3 is 2.72 bits per heavy atom. The van der Waals surface area contributed by atoms with Crippen molar-refractivity contribution in [3.63, 3.8) is 0 Å². The second-order valence-electron chi connectivity index (χ2n) is 5.62. The molecule has 2 heteroatoms. The van der Waals surface area contributed by atoms with Gasteiger partial charge in [-0.25, -0.2) is 0 Å². The molecule has 2 rings (SSSR count). The van der Waals surface area contributed by atoms with E-state index in [1.165, 1.54) is 5.56 Å². The van der Waals surface area contributed by atoms with Crippen LogP contribution < -0.4 is 0 Å². The molecule has 0 spiro atoms. The van der Waals surface area contributed by atoms with Gasteiger partial charge >= 0.3 is 0 Å². The predicted octanol–water partition coefficient (Wildman–Crippen LogP) is 3.12. The highest BCUT2D eigenvalue weighted by Crippen LogP contribution is 2.21. The van der Waals surface area contributed by atoms with Crippen LogP contribution in [-0.2, 0) is 11.3 Å². The standard InChI is InChI=1S/C16H23NO/c1-13(2)16(18)15-9-6-10-17(12-15)11-14-7-4-3-5-8-14/h3-5,7-8,13,15H,6,9-12H2,1-2H3/t15-/m0/s1. The summed E-state index contributed by atoms with van der Waals surface area (Å²) in [6.45, 7) is 7.06. The highest BCUT2D eigenvalue weighted by Gasteiger charge is 2.26. The van der Waals surface area contributed by atoms with Crippen molar-refractivity contribution < 1.29 is 4.79 Å². The van der Waals surface area contributed by atoms with E-state index in [-0.39, 0.29) is 11.8 Å². The molecule has 0 radical (unpaired) electrons. The van der Waals surface area contributed by atoms with Gasteiger partial charge in [-0.1, -0.05) is 44.2 Å². The lowest BCUT2D eigenvalue weighted by molar-refractivity contribution is -0.127. The second kappa shape index (κ2) is 6.14. The number of Topliss-reactive ketones (excluding diaryl/α,β-unsaturated/α-hetero) is 1. The van der Waals surface area contributed by atoms with Gasteiger partial charge in [-0.3, -0.25) is 9.69 Å². The van der Waals surface area contributed by atoms with Crippen LogP contribution in [0, 0.1) is 11.8 Å². The number of piperidine rings is 1. The first-order chi connectivity index (χ1) is 8.66. The molecule has 0 N–H and O–H groups in total. The molecule has 18 heavy (non-hydrogen) atoms. The van der Waals surface area contributed by atoms with Gasteiger partial charge in [0.15, 0.2) is 0 Å². The molecule has 98 valence electrons. The zero-order chi connectivity index (χ0) is 13.0. The van der Waals surface area contributed by atoms with E-state index in [1.54, 1.807) is 0 Å². The van der Waals surface area contributed by atoms with Gasteiger partial charge in [0.25, 0.3) is 0 Å². The molecule has 1 fully saturated rings. The molecule has 1 atom stereocenters. The maximum Gasteiger partial charge on any atom is 0.139 e. The minimum atomic E-state index is 0.173. The number of nitrogens with zero attached hydrogens (tertiary/aromatic N) is 1. The van der Waals surface area contributed by atoms with Gasteiger partial charge in [-0.15, -0.1) is 0 Å². The summed E-state index contributed by atoms with van der Waals surface area (Å²) in [7, 11) is 0. The van der Waals surface area contributed by atoms with Crippen LogP contribution in [0.3, 0.4) is 0 Å². The molecule has 0 amide bonds. The van der Waals surface area contributed by atoms with E-state index < -0.39 is 0 Å². The lowest BCUT2D eigenvalue weighted by Crippen LogP contribution is -2.39. The summed E-state index contributed by atoms with van der Waals surface area (Å²) in [6, 6.07) is 10.5. The van der Waals surface area contributed by atoms with E-state index in [2.05, 4.69) is 29.2 Å². The van der Waals surface area contributed by atoms with Crippen LogP contribution in [0.5, 0.6) is 0 Å². The monoisotopic (exact) mass is 245 g/mol. The third-order valence-electron chi connectivity index (χ3n) is 3.73. The molecule has 1 heterocycles. The van der Waals surface area contributed by atoms with Gasteiger partial charge in [0, 0.05) is 24.9 Å². The van der Waals surface area contributed by atoms with Crippen LogP contribution in [0.4, 0.5) is 0 Å². The number of hydrogen-bond acceptors (Lipinski definition) is 2. The molecule has 1 saturated heterocycles. The Morgan fingerprint density at radius 1 is 1.33 bits per heavy atom. The largest absolute Gasteiger partial charge is 0.299 e. The number of benzene rings is 1. The molecule has 0 aromatic heterocycles. The number of ketones is 1. The maximum atomic E-state index is 12.1. The first kappa shape index (κ1) is 13.3. The van der Waals surface area contributed by atoms with Crippen molar-refractivity contribution in [2.75, 3.05) is 13.1 Å². The fourth-order valence-electron chi connectivity index (χ4n) is 2.74. The molecule has 0 bridgehead atoms. The lowest BCUT2D eigenvalue weighted by Gasteiger charge is -2.32. The van der Waals surface area contributed by atoms with E-state index in [1.807, 2.05) is 19.9 Å². The van der Waals surface area contributed by atoms with Crippen LogP contribution in [0.2, 0.25) is 0 Å². The van der Waals surface area contributed by atoms with Crippen molar-refractivity contribution in [3.05, 3.63) is 35.9 Å². The molecular formula is C16H23NO. The van der Waals surface area contributed by atoms with Gasteiger partial charge in [0.1, 0.15) is 5.78 Å². The molecule has 0 aliphatic carbocycles. The van der Waals surface area contributed by atoms with Crippen molar-refractivity contribution in [3.8, 4) is 0 Å². The fourth-order valence-corrected chi connectivity index (χ4v) is 2.74. The summed E-state index contributed by atoms with van der Waals surface area (Å²) >= 11 is 0. The first-order valence-corrected chi connectivity index (χ1v) is 6.97. The number of rotatable bonds is 4. The molecule has 1 aromatic rings. The predicted molar refractivity (Wildman–Crippen MR) is 74.3 cm³/mol. The first-order valence-electron chi connectivity index (χ1n) is 6.97. The van der Waals surface area contributed by atoms with Gasteiger partial charge in [0.05, 0.1) is 0 Å². The smallest absolute Gasteiger partial charge is 0.139 e. The van der Waals surface area contributed by atoms with Crippen molar-refractivity contribution in [1.82, 2.24) is 4.90 Å². The van der Waals surface area contributed by atoms with E-state index in [4.69, 9.17) is 0 Å². The van der Waals surface area contributed by atoms with Crippen molar-refractivity contribution in [1.29, 1.82) is 0 Å². The van der Waals surface area contributed by atoms with Gasteiger partial charge in [-0.2, -0.15) is 0 Å². The Balaban J connectivity index is 1.93. The van der Waals surface area contributed by atoms with Crippen LogP contribution >= 0.6 is 0 Å². The summed E-state index contributed by atoms with van der Waals surface area (Å²) in [5.41, 5.74) is 1.34. The maximum absolute atomic E-state index is 12.1. The highest BCUT2D eigenvalue weighted by molar-refractivity contribution is 5.83. The topological polar surface area (TPSA) is 20.3 Å². The molecular weight excluding hydrogens is 222 g/mol. The third-order valence-corrected chi connectivity index (χ3v) is 3.73. The van der Waals surface area contributed by atoms with Crippen molar-refractivity contribution in [2.45, 2.75) is 33.2 Å². The molecule has 2 nitrogen and oxygen atoms in total. The Hall–Kier alpha value is -1.15. The van der Waals surface area contributed by atoms with Gasteiger partial charge < -0.3 is 0 Å². The highest BCUT2D eigenvalue weighted by atomic mass is 16.1. The van der Waals surface area contributed by atoms with E-state index >= 15 is 0 Å². The quantitative estimate of drug-likeness (QED) is 0.812. The minimum absolute atomic E-state index is 0.173. The number of hydrogen-bond donors (Lipinski definition) is 0. The fraction of sp³-hybridized carbons (Fsp3) is 0.562. The van der Waals surface area contributed by atoms with Crippen LogP contribution in [0.15, 0.2) is 30.3 Å². The van der Waals surface area contributed by atoms with Crippen LogP contribution in [-0.4, -0.2) is 23.8 Å². The number of carbonyl (C=O) groups is 1. The van der Waals surface area contributed by atoms with Crippen molar-refractivity contribution >= 4 is 5.78 Å². The SMILES string of the molecule is CC(C)C(=O)[C@H]1CCCN(Cc2ccccc2)C1. The normalized spacial score (nSPS) is 21.2. The van der Waals surface area contributed by atoms with Crippen LogP contribution in [0.25, 0.3) is 0 Å². The second-order valence-corrected chi connectivity index (χ2v) is 5.62. The molecule has 1 aliphatic rings. The molecule has 1 aliphatic heterocycles. The van der Waals surface area contributed by atoms with Gasteiger partial charge in [0.2, 0.25) is 0 Å². The Kier molecular flexibility index (Phi) is 4.54. The summed E-state index contributed by atoms with van der Waals surface area (Å²) < 4.78 is 0. The van der Waals surface area contributed by atoms with E-state index in [9.17, 15) is 4.79 Å². The molecule has 0 saturated carbocycles. The Labute approximate surface area is 110 Å². The Bertz CT molecular complexity index is 385. The summed E-state index contributed by atoms with van der Waals surface area (Å²) in [5.74, 6) is 0.863. The van der Waals surface area contributed by atoms with E-state index in [0.717, 1.165) is 32.5 Å². The Morgan fingerprint density at radius 2 is 2.06 bits per heavy atom. The number of carbonyl (C=O) groups excluding carboxylic acids is 1. The average molecular weight is 245 g/mol. The zero-order valence-corrected chi connectivity index (χ0v) is 11.4. The zero-order valence-electron chi connectivity index (χ0n) is 11.4. The lowest BCUT2D eigenvalue weighted by atomic mass is 9.88. The summed E-state index contributed by atoms with van der Waals surface area (Å²) in [4.78, 5) is 14.5. The van der Waals surface area contributed by atoms with E-state index in [0.29, 0.717) is 5.78 Å². The third kappa shape index (κ3) is 3.42. The summed E-state index contributed by atoms with van der Waals surface area (Å²) in [5, 5.41) is 0. The molecule has 1 aromatic carbocycles. The number of likely N-dealkylation sites (tertiary alicyclic amines) is 1.